The number of imidazole rings is 1. The highest BCUT2D eigenvalue weighted by atomic mass is 35.5. The number of aromatic amines is 1. The summed E-state index contributed by atoms with van der Waals surface area (Å²) in [7, 11) is 0. The molecule has 0 radical (unpaired) electrons. The minimum Gasteiger partial charge on any atom is -0.477 e. The van der Waals surface area contributed by atoms with Crippen LogP contribution >= 0.6 is 11.6 Å². The van der Waals surface area contributed by atoms with E-state index in [4.69, 9.17) is 31.3 Å². The lowest BCUT2D eigenvalue weighted by molar-refractivity contribution is -0.140. The number of aromatic nitrogens is 3. The number of ether oxygens (including phenoxy) is 1. The minimum absolute atomic E-state index is 0.0718. The summed E-state index contributed by atoms with van der Waals surface area (Å²) in [6.07, 6.45) is -1.42. The molecule has 0 amide bonds. The van der Waals surface area contributed by atoms with Crippen molar-refractivity contribution >= 4 is 17.8 Å². The first-order valence-electron chi connectivity index (χ1n) is 9.48. The summed E-state index contributed by atoms with van der Waals surface area (Å²) < 4.78 is 44.0. The molecule has 0 unspecified atom stereocenters. The molecule has 4 rings (SSSR count). The van der Waals surface area contributed by atoms with E-state index in [1.54, 1.807) is 24.4 Å². The Labute approximate surface area is 185 Å². The molecule has 32 heavy (non-hydrogen) atoms. The standard InChI is InChI=1S/C20H17ClF3N3O.CH2O3/c1-11-6-18(28-10-12-2-3-12)25-8-15(11)13-4-5-14(16(21)7-13)19-26-9-17(27-19)20(22,23)24;2-1(3)4/h4-9,12H,2-3,10H2,1H3,(H,26,27);(H2,2,3,4). The van der Waals surface area contributed by atoms with E-state index < -0.39 is 18.0 Å². The van der Waals surface area contributed by atoms with E-state index in [1.165, 1.54) is 12.8 Å². The molecular weight excluding hydrogens is 451 g/mol. The van der Waals surface area contributed by atoms with Crippen LogP contribution in [0.15, 0.2) is 36.7 Å². The van der Waals surface area contributed by atoms with Crippen LogP contribution in [0.4, 0.5) is 18.0 Å². The molecule has 1 aliphatic rings. The normalized spacial score (nSPS) is 13.3. The van der Waals surface area contributed by atoms with E-state index in [0.29, 0.717) is 29.0 Å². The number of H-pyrrole nitrogens is 1. The topological polar surface area (TPSA) is 108 Å². The fraction of sp³-hybridized carbons (Fsp3) is 0.286. The predicted molar refractivity (Wildman–Crippen MR) is 111 cm³/mol. The number of rotatable bonds is 5. The largest absolute Gasteiger partial charge is 0.503 e. The average Bonchev–Trinajstić information content (AvgIpc) is 3.38. The maximum atomic E-state index is 12.8. The first-order chi connectivity index (χ1) is 15.0. The highest BCUT2D eigenvalue weighted by Crippen LogP contribution is 2.35. The third-order valence-corrected chi connectivity index (χ3v) is 4.98. The quantitative estimate of drug-likeness (QED) is 0.414. The van der Waals surface area contributed by atoms with Gasteiger partial charge < -0.3 is 19.9 Å². The van der Waals surface area contributed by atoms with Crippen molar-refractivity contribution in [2.45, 2.75) is 25.9 Å². The van der Waals surface area contributed by atoms with Gasteiger partial charge in [-0.15, -0.1) is 0 Å². The van der Waals surface area contributed by atoms with Gasteiger partial charge in [-0.05, 0) is 48.9 Å². The molecule has 3 N–H and O–H groups in total. The zero-order valence-electron chi connectivity index (χ0n) is 16.8. The molecule has 170 valence electrons. The van der Waals surface area contributed by atoms with Gasteiger partial charge in [0, 0.05) is 23.4 Å². The van der Waals surface area contributed by atoms with Gasteiger partial charge in [0.15, 0.2) is 0 Å². The summed E-state index contributed by atoms with van der Waals surface area (Å²) in [4.78, 5) is 19.0. The molecule has 2 aromatic heterocycles. The lowest BCUT2D eigenvalue weighted by Crippen LogP contribution is -2.04. The van der Waals surface area contributed by atoms with Crippen LogP contribution in [0.2, 0.25) is 5.02 Å². The predicted octanol–water partition coefficient (Wildman–Crippen LogP) is 6.13. The number of hydrogen-bond acceptors (Lipinski definition) is 4. The molecule has 1 aromatic carbocycles. The monoisotopic (exact) mass is 469 g/mol. The Hall–Kier alpha value is -3.27. The van der Waals surface area contributed by atoms with Gasteiger partial charge in [-0.3, -0.25) is 0 Å². The second kappa shape index (κ2) is 9.47. The van der Waals surface area contributed by atoms with Crippen molar-refractivity contribution in [1.82, 2.24) is 15.0 Å². The Morgan fingerprint density at radius 1 is 1.19 bits per heavy atom. The maximum absolute atomic E-state index is 12.8. The van der Waals surface area contributed by atoms with Gasteiger partial charge in [0.2, 0.25) is 5.88 Å². The number of nitrogens with one attached hydrogen (secondary N) is 1. The van der Waals surface area contributed by atoms with Gasteiger partial charge in [0.1, 0.15) is 11.5 Å². The third-order valence-electron chi connectivity index (χ3n) is 4.67. The van der Waals surface area contributed by atoms with Crippen molar-refractivity contribution in [1.29, 1.82) is 0 Å². The molecular formula is C21H19ClF3N3O4. The average molecular weight is 470 g/mol. The molecule has 11 heteroatoms. The Balaban J connectivity index is 0.000000668. The van der Waals surface area contributed by atoms with Crippen LogP contribution in [0.5, 0.6) is 5.88 Å². The number of alkyl halides is 3. The Morgan fingerprint density at radius 2 is 1.88 bits per heavy atom. The molecule has 0 atom stereocenters. The lowest BCUT2D eigenvalue weighted by atomic mass is 10.0. The number of aryl methyl sites for hydroxylation is 1. The van der Waals surface area contributed by atoms with Crippen molar-refractivity contribution in [2.24, 2.45) is 5.92 Å². The van der Waals surface area contributed by atoms with Gasteiger partial charge >= 0.3 is 12.3 Å². The summed E-state index contributed by atoms with van der Waals surface area (Å²) in [6.45, 7) is 2.64. The zero-order valence-corrected chi connectivity index (χ0v) is 17.5. The SMILES string of the molecule is Cc1cc(OCC2CC2)ncc1-c1ccc(-c2ncc(C(F)(F)F)[nH]2)c(Cl)c1.O=C(O)O. The van der Waals surface area contributed by atoms with Crippen molar-refractivity contribution in [3.63, 3.8) is 0 Å². The van der Waals surface area contributed by atoms with Crippen LogP contribution in [0.25, 0.3) is 22.5 Å². The Kier molecular flexibility index (Phi) is 6.93. The molecule has 3 aromatic rings. The van der Waals surface area contributed by atoms with Gasteiger partial charge in [0.05, 0.1) is 17.8 Å². The van der Waals surface area contributed by atoms with Crippen molar-refractivity contribution in [2.75, 3.05) is 6.61 Å². The van der Waals surface area contributed by atoms with Gasteiger partial charge in [-0.1, -0.05) is 17.7 Å². The van der Waals surface area contributed by atoms with E-state index in [0.717, 1.165) is 22.9 Å². The fourth-order valence-corrected chi connectivity index (χ4v) is 3.15. The highest BCUT2D eigenvalue weighted by molar-refractivity contribution is 6.33. The van der Waals surface area contributed by atoms with Crippen LogP contribution in [0, 0.1) is 12.8 Å². The number of halogens is 4. The zero-order chi connectivity index (χ0) is 23.5. The van der Waals surface area contributed by atoms with Crippen molar-refractivity contribution in [3.05, 3.63) is 52.9 Å². The summed E-state index contributed by atoms with van der Waals surface area (Å²) in [6, 6.07) is 7.00. The Morgan fingerprint density at radius 3 is 2.41 bits per heavy atom. The summed E-state index contributed by atoms with van der Waals surface area (Å²) >= 11 is 6.33. The third kappa shape index (κ3) is 6.13. The molecule has 7 nitrogen and oxygen atoms in total. The molecule has 1 fully saturated rings. The van der Waals surface area contributed by atoms with E-state index in [9.17, 15) is 13.2 Å². The number of nitrogens with zero attached hydrogens (tertiary/aromatic N) is 2. The second-order valence-electron chi connectivity index (χ2n) is 7.21. The smallest absolute Gasteiger partial charge is 0.477 e. The molecule has 0 aliphatic heterocycles. The number of pyridine rings is 1. The first kappa shape index (κ1) is 23.4. The van der Waals surface area contributed by atoms with E-state index in [-0.39, 0.29) is 5.82 Å². The molecule has 1 aliphatic carbocycles. The van der Waals surface area contributed by atoms with Crippen molar-refractivity contribution < 1.29 is 32.9 Å². The van der Waals surface area contributed by atoms with Crippen LogP contribution in [-0.4, -0.2) is 37.9 Å². The minimum atomic E-state index is -4.48. The van der Waals surface area contributed by atoms with Crippen LogP contribution in [0.1, 0.15) is 24.1 Å². The molecule has 1 saturated carbocycles. The fourth-order valence-electron chi connectivity index (χ4n) is 2.88. The summed E-state index contributed by atoms with van der Waals surface area (Å²) in [5.74, 6) is 1.31. The van der Waals surface area contributed by atoms with E-state index in [2.05, 4.69) is 15.0 Å². The molecule has 0 bridgehead atoms. The van der Waals surface area contributed by atoms with Gasteiger partial charge in [-0.25, -0.2) is 14.8 Å². The number of carboxylic acid groups (broad SMARTS) is 2. The lowest BCUT2D eigenvalue weighted by Gasteiger charge is -2.11. The van der Waals surface area contributed by atoms with Gasteiger partial charge in [0.25, 0.3) is 0 Å². The number of benzene rings is 1. The highest BCUT2D eigenvalue weighted by Gasteiger charge is 2.33. The molecule has 0 saturated heterocycles. The van der Waals surface area contributed by atoms with Gasteiger partial charge in [-0.2, -0.15) is 13.2 Å². The van der Waals surface area contributed by atoms with Crippen LogP contribution in [-0.2, 0) is 6.18 Å². The Bertz CT molecular complexity index is 1110. The van der Waals surface area contributed by atoms with Crippen LogP contribution < -0.4 is 4.74 Å². The molecule has 2 heterocycles. The summed E-state index contributed by atoms with van der Waals surface area (Å²) in [5.41, 5.74) is 2.15. The second-order valence-corrected chi connectivity index (χ2v) is 7.62. The first-order valence-corrected chi connectivity index (χ1v) is 9.86. The number of carbonyl (C=O) groups is 1. The maximum Gasteiger partial charge on any atom is 0.503 e. The number of hydrogen-bond donors (Lipinski definition) is 3. The van der Waals surface area contributed by atoms with E-state index >= 15 is 0 Å². The summed E-state index contributed by atoms with van der Waals surface area (Å²) in [5, 5.41) is 14.2. The van der Waals surface area contributed by atoms with Crippen LogP contribution in [0.3, 0.4) is 0 Å². The van der Waals surface area contributed by atoms with Crippen molar-refractivity contribution in [3.8, 4) is 28.4 Å². The van der Waals surface area contributed by atoms with E-state index in [1.807, 2.05) is 13.0 Å². The molecule has 0 spiro atoms.